The molecule has 3 aromatic rings. The number of carbonyl (C=O) groups is 1. The standard InChI is InChI=1S/C21H21FN4O2/c1-28-18-8-4-15(5-9-18)10-11-23-20-12-19(25-14-26-20)21(27)24-13-16-2-6-17(22)7-3-16/h2-9,12,14H,10-11,13H2,1H3,(H,24,27)(H,23,25,26). The van der Waals surface area contributed by atoms with Crippen LogP contribution in [0.1, 0.15) is 21.6 Å². The van der Waals surface area contributed by atoms with Gasteiger partial charge < -0.3 is 15.4 Å². The van der Waals surface area contributed by atoms with E-state index in [-0.39, 0.29) is 17.4 Å². The second-order valence-corrected chi connectivity index (χ2v) is 6.12. The van der Waals surface area contributed by atoms with Crippen LogP contribution < -0.4 is 15.4 Å². The molecule has 0 saturated carbocycles. The zero-order valence-corrected chi connectivity index (χ0v) is 15.5. The number of nitrogens with one attached hydrogen (secondary N) is 2. The molecule has 2 N–H and O–H groups in total. The van der Waals surface area contributed by atoms with Crippen LogP contribution in [0.25, 0.3) is 0 Å². The summed E-state index contributed by atoms with van der Waals surface area (Å²) in [6.45, 7) is 0.962. The van der Waals surface area contributed by atoms with Gasteiger partial charge in [0.25, 0.3) is 5.91 Å². The van der Waals surface area contributed by atoms with E-state index in [0.717, 1.165) is 17.7 Å². The van der Waals surface area contributed by atoms with Crippen molar-refractivity contribution in [3.05, 3.63) is 83.6 Å². The number of carbonyl (C=O) groups excluding carboxylic acids is 1. The Bertz CT molecular complexity index is 914. The van der Waals surface area contributed by atoms with Crippen molar-refractivity contribution in [3.63, 3.8) is 0 Å². The van der Waals surface area contributed by atoms with Gasteiger partial charge in [0.05, 0.1) is 7.11 Å². The fourth-order valence-electron chi connectivity index (χ4n) is 2.58. The molecule has 6 nitrogen and oxygen atoms in total. The van der Waals surface area contributed by atoms with Crippen LogP contribution in [0.5, 0.6) is 5.75 Å². The maximum absolute atomic E-state index is 12.9. The van der Waals surface area contributed by atoms with Crippen molar-refractivity contribution in [2.75, 3.05) is 19.0 Å². The molecule has 1 amide bonds. The Hall–Kier alpha value is -3.48. The van der Waals surface area contributed by atoms with E-state index in [0.29, 0.717) is 18.9 Å². The van der Waals surface area contributed by atoms with Gasteiger partial charge in [-0.1, -0.05) is 24.3 Å². The Morgan fingerprint density at radius 2 is 1.75 bits per heavy atom. The van der Waals surface area contributed by atoms with E-state index < -0.39 is 0 Å². The minimum absolute atomic E-state index is 0.268. The number of ether oxygens (including phenoxy) is 1. The van der Waals surface area contributed by atoms with Gasteiger partial charge in [-0.05, 0) is 41.8 Å². The highest BCUT2D eigenvalue weighted by Crippen LogP contribution is 2.12. The average Bonchev–Trinajstić information content (AvgIpc) is 2.74. The Labute approximate surface area is 162 Å². The highest BCUT2D eigenvalue weighted by atomic mass is 19.1. The predicted molar refractivity (Wildman–Crippen MR) is 105 cm³/mol. The topological polar surface area (TPSA) is 76.1 Å². The maximum atomic E-state index is 12.9. The Morgan fingerprint density at radius 1 is 1.04 bits per heavy atom. The third-order valence-corrected chi connectivity index (χ3v) is 4.14. The molecule has 0 aliphatic heterocycles. The number of hydrogen-bond donors (Lipinski definition) is 2. The van der Waals surface area contributed by atoms with Gasteiger partial charge in [0.15, 0.2) is 0 Å². The van der Waals surface area contributed by atoms with Gasteiger partial charge in [0.2, 0.25) is 0 Å². The van der Waals surface area contributed by atoms with E-state index in [1.807, 2.05) is 24.3 Å². The first-order valence-electron chi connectivity index (χ1n) is 8.85. The first-order chi connectivity index (χ1) is 13.6. The predicted octanol–water partition coefficient (Wildman–Crippen LogP) is 3.21. The van der Waals surface area contributed by atoms with Gasteiger partial charge in [-0.2, -0.15) is 0 Å². The van der Waals surface area contributed by atoms with Gasteiger partial charge in [-0.15, -0.1) is 0 Å². The first-order valence-corrected chi connectivity index (χ1v) is 8.85. The molecule has 0 atom stereocenters. The highest BCUT2D eigenvalue weighted by Gasteiger charge is 2.08. The molecule has 0 radical (unpaired) electrons. The van der Waals surface area contributed by atoms with Crippen LogP contribution in [0.4, 0.5) is 10.2 Å². The van der Waals surface area contributed by atoms with Crippen LogP contribution in [0, 0.1) is 5.82 Å². The lowest BCUT2D eigenvalue weighted by Gasteiger charge is -2.08. The number of halogens is 1. The lowest BCUT2D eigenvalue weighted by Crippen LogP contribution is -2.24. The minimum Gasteiger partial charge on any atom is -0.497 e. The van der Waals surface area contributed by atoms with Gasteiger partial charge in [-0.25, -0.2) is 14.4 Å². The van der Waals surface area contributed by atoms with Crippen molar-refractivity contribution in [2.24, 2.45) is 0 Å². The van der Waals surface area contributed by atoms with Crippen LogP contribution >= 0.6 is 0 Å². The summed E-state index contributed by atoms with van der Waals surface area (Å²) in [5, 5.41) is 5.96. The lowest BCUT2D eigenvalue weighted by molar-refractivity contribution is 0.0946. The van der Waals surface area contributed by atoms with Gasteiger partial charge in [0.1, 0.15) is 29.4 Å². The molecule has 0 aliphatic rings. The molecule has 0 aliphatic carbocycles. The lowest BCUT2D eigenvalue weighted by atomic mass is 10.1. The summed E-state index contributed by atoms with van der Waals surface area (Å²) in [7, 11) is 1.64. The number of aromatic nitrogens is 2. The van der Waals surface area contributed by atoms with Crippen LogP contribution in [-0.4, -0.2) is 29.5 Å². The quantitative estimate of drug-likeness (QED) is 0.628. The number of amides is 1. The number of nitrogens with zero attached hydrogens (tertiary/aromatic N) is 2. The third kappa shape index (κ3) is 5.51. The molecule has 0 unspecified atom stereocenters. The summed E-state index contributed by atoms with van der Waals surface area (Å²) in [5.41, 5.74) is 2.24. The van der Waals surface area contributed by atoms with Crippen LogP contribution in [0.15, 0.2) is 60.9 Å². The molecule has 0 fully saturated rings. The van der Waals surface area contributed by atoms with Gasteiger partial charge in [0, 0.05) is 19.2 Å². The molecule has 7 heteroatoms. The van der Waals surface area contributed by atoms with E-state index in [4.69, 9.17) is 4.74 Å². The van der Waals surface area contributed by atoms with E-state index in [9.17, 15) is 9.18 Å². The summed E-state index contributed by atoms with van der Waals surface area (Å²) >= 11 is 0. The summed E-state index contributed by atoms with van der Waals surface area (Å²) in [5.74, 6) is 0.778. The number of anilines is 1. The molecular weight excluding hydrogens is 359 g/mol. The van der Waals surface area contributed by atoms with E-state index in [1.165, 1.54) is 24.0 Å². The second-order valence-electron chi connectivity index (χ2n) is 6.12. The number of methoxy groups -OCH3 is 1. The van der Waals surface area contributed by atoms with E-state index in [2.05, 4.69) is 20.6 Å². The van der Waals surface area contributed by atoms with Gasteiger partial charge >= 0.3 is 0 Å². The van der Waals surface area contributed by atoms with Crippen molar-refractivity contribution >= 4 is 11.7 Å². The largest absolute Gasteiger partial charge is 0.497 e. The Morgan fingerprint density at radius 3 is 2.46 bits per heavy atom. The maximum Gasteiger partial charge on any atom is 0.270 e. The zero-order valence-electron chi connectivity index (χ0n) is 15.5. The molecule has 2 aromatic carbocycles. The molecule has 28 heavy (non-hydrogen) atoms. The molecule has 1 aromatic heterocycles. The third-order valence-electron chi connectivity index (χ3n) is 4.14. The van der Waals surface area contributed by atoms with E-state index in [1.54, 1.807) is 25.3 Å². The number of hydrogen-bond acceptors (Lipinski definition) is 5. The summed E-state index contributed by atoms with van der Waals surface area (Å²) in [4.78, 5) is 20.4. The summed E-state index contributed by atoms with van der Waals surface area (Å²) in [6.07, 6.45) is 2.16. The Kier molecular flexibility index (Phi) is 6.51. The highest BCUT2D eigenvalue weighted by molar-refractivity contribution is 5.92. The molecule has 144 valence electrons. The van der Waals surface area contributed by atoms with Crippen molar-refractivity contribution in [1.82, 2.24) is 15.3 Å². The van der Waals surface area contributed by atoms with Gasteiger partial charge in [-0.3, -0.25) is 4.79 Å². The first kappa shape index (κ1) is 19.3. The van der Waals surface area contributed by atoms with Crippen LogP contribution in [-0.2, 0) is 13.0 Å². The molecule has 0 saturated heterocycles. The number of rotatable bonds is 8. The van der Waals surface area contributed by atoms with Crippen molar-refractivity contribution in [2.45, 2.75) is 13.0 Å². The van der Waals surface area contributed by atoms with E-state index >= 15 is 0 Å². The zero-order chi connectivity index (χ0) is 19.8. The SMILES string of the molecule is COc1ccc(CCNc2cc(C(=O)NCc3ccc(F)cc3)ncn2)cc1. The van der Waals surface area contributed by atoms with Crippen molar-refractivity contribution in [3.8, 4) is 5.75 Å². The Balaban J connectivity index is 1.50. The normalized spacial score (nSPS) is 10.4. The second kappa shape index (κ2) is 9.45. The summed E-state index contributed by atoms with van der Waals surface area (Å²) in [6, 6.07) is 15.4. The van der Waals surface area contributed by atoms with Crippen molar-refractivity contribution < 1.29 is 13.9 Å². The minimum atomic E-state index is -0.315. The average molecular weight is 380 g/mol. The molecule has 3 rings (SSSR count). The molecule has 0 spiro atoms. The molecule has 0 bridgehead atoms. The van der Waals surface area contributed by atoms with Crippen LogP contribution in [0.2, 0.25) is 0 Å². The fraction of sp³-hybridized carbons (Fsp3) is 0.190. The number of benzene rings is 2. The summed E-state index contributed by atoms with van der Waals surface area (Å²) < 4.78 is 18.1. The van der Waals surface area contributed by atoms with Crippen molar-refractivity contribution in [1.29, 1.82) is 0 Å². The molecule has 1 heterocycles. The fourth-order valence-corrected chi connectivity index (χ4v) is 2.58. The monoisotopic (exact) mass is 380 g/mol. The smallest absolute Gasteiger partial charge is 0.270 e. The van der Waals surface area contributed by atoms with Crippen LogP contribution in [0.3, 0.4) is 0 Å². The molecular formula is C21H21FN4O2.